The van der Waals surface area contributed by atoms with Crippen molar-refractivity contribution in [3.05, 3.63) is 72.4 Å². The molecule has 1 aromatic heterocycles. The van der Waals surface area contributed by atoms with Crippen molar-refractivity contribution < 1.29 is 4.79 Å². The van der Waals surface area contributed by atoms with Crippen LogP contribution in [0.3, 0.4) is 0 Å². The number of carbonyl (C=O) groups is 1. The van der Waals surface area contributed by atoms with Crippen LogP contribution in [0.25, 0.3) is 16.9 Å². The van der Waals surface area contributed by atoms with E-state index in [2.05, 4.69) is 10.6 Å². The van der Waals surface area contributed by atoms with Crippen molar-refractivity contribution >= 4 is 5.91 Å². The standard InChI is InChI=1S/C23H24N4O/c28-23(25-19-13-17-11-12-18(14-19)24-17)21-15-27(20-9-5-2-6-10-20)26-22(21)16-7-3-1-4-8-16/h1-10,15,17-19,24H,11-14H2,(H,25,28). The lowest BCUT2D eigenvalue weighted by molar-refractivity contribution is 0.0924. The molecule has 2 saturated heterocycles. The van der Waals surface area contributed by atoms with Crippen LogP contribution < -0.4 is 10.6 Å². The first-order valence-electron chi connectivity index (χ1n) is 10.0. The van der Waals surface area contributed by atoms with Crippen molar-refractivity contribution in [2.45, 2.75) is 43.8 Å². The van der Waals surface area contributed by atoms with E-state index in [4.69, 9.17) is 5.10 Å². The summed E-state index contributed by atoms with van der Waals surface area (Å²) in [7, 11) is 0. The predicted molar refractivity (Wildman–Crippen MR) is 109 cm³/mol. The van der Waals surface area contributed by atoms with E-state index < -0.39 is 0 Å². The van der Waals surface area contributed by atoms with Crippen LogP contribution >= 0.6 is 0 Å². The van der Waals surface area contributed by atoms with E-state index >= 15 is 0 Å². The summed E-state index contributed by atoms with van der Waals surface area (Å²) >= 11 is 0. The predicted octanol–water partition coefficient (Wildman–Crippen LogP) is 3.55. The number of piperidine rings is 1. The SMILES string of the molecule is O=C(NC1CC2CCC(C1)N2)c1cn(-c2ccccc2)nc1-c1ccccc1. The molecule has 1 amide bonds. The van der Waals surface area contributed by atoms with Crippen molar-refractivity contribution in [1.29, 1.82) is 0 Å². The van der Waals surface area contributed by atoms with E-state index in [1.807, 2.05) is 66.9 Å². The summed E-state index contributed by atoms with van der Waals surface area (Å²) in [5, 5.41) is 11.7. The van der Waals surface area contributed by atoms with Gasteiger partial charge in [-0.05, 0) is 37.8 Å². The van der Waals surface area contributed by atoms with Gasteiger partial charge in [-0.1, -0.05) is 48.5 Å². The second-order valence-corrected chi connectivity index (χ2v) is 7.82. The smallest absolute Gasteiger partial charge is 0.255 e. The van der Waals surface area contributed by atoms with Gasteiger partial charge in [0, 0.05) is 29.9 Å². The summed E-state index contributed by atoms with van der Waals surface area (Å²) in [5.41, 5.74) is 3.24. The van der Waals surface area contributed by atoms with Gasteiger partial charge in [0.1, 0.15) is 5.69 Å². The summed E-state index contributed by atoms with van der Waals surface area (Å²) in [6.45, 7) is 0. The lowest BCUT2D eigenvalue weighted by Crippen LogP contribution is -2.48. The first kappa shape index (κ1) is 17.2. The lowest BCUT2D eigenvalue weighted by Gasteiger charge is -2.29. The van der Waals surface area contributed by atoms with Gasteiger partial charge in [0.05, 0.1) is 11.3 Å². The third kappa shape index (κ3) is 3.34. The summed E-state index contributed by atoms with van der Waals surface area (Å²) in [6, 6.07) is 21.2. The van der Waals surface area contributed by atoms with Crippen LogP contribution in [-0.2, 0) is 0 Å². The molecule has 5 heteroatoms. The zero-order chi connectivity index (χ0) is 18.9. The van der Waals surface area contributed by atoms with Gasteiger partial charge in [0.2, 0.25) is 0 Å². The first-order valence-corrected chi connectivity index (χ1v) is 10.0. The maximum Gasteiger partial charge on any atom is 0.255 e. The van der Waals surface area contributed by atoms with E-state index in [0.717, 1.165) is 29.8 Å². The number of carbonyl (C=O) groups excluding carboxylic acids is 1. The van der Waals surface area contributed by atoms with E-state index in [0.29, 0.717) is 17.6 Å². The number of aromatic nitrogens is 2. The zero-order valence-corrected chi connectivity index (χ0v) is 15.7. The summed E-state index contributed by atoms with van der Waals surface area (Å²) in [6.07, 6.45) is 6.31. The number of benzene rings is 2. The molecule has 3 aromatic rings. The Hall–Kier alpha value is -2.92. The maximum absolute atomic E-state index is 13.2. The third-order valence-electron chi connectivity index (χ3n) is 5.84. The van der Waals surface area contributed by atoms with E-state index in [1.165, 1.54) is 12.8 Å². The molecule has 2 atom stereocenters. The van der Waals surface area contributed by atoms with E-state index in [1.54, 1.807) is 4.68 Å². The number of para-hydroxylation sites is 1. The molecule has 2 aromatic carbocycles. The van der Waals surface area contributed by atoms with Gasteiger partial charge in [0.15, 0.2) is 0 Å². The molecular formula is C23H24N4O. The molecule has 2 N–H and O–H groups in total. The van der Waals surface area contributed by atoms with Crippen LogP contribution in [0.1, 0.15) is 36.0 Å². The van der Waals surface area contributed by atoms with Gasteiger partial charge >= 0.3 is 0 Å². The summed E-state index contributed by atoms with van der Waals surface area (Å²) in [4.78, 5) is 13.2. The Morgan fingerprint density at radius 1 is 0.964 bits per heavy atom. The molecule has 0 radical (unpaired) electrons. The van der Waals surface area contributed by atoms with Gasteiger partial charge in [0.25, 0.3) is 5.91 Å². The van der Waals surface area contributed by atoms with Gasteiger partial charge in [-0.25, -0.2) is 4.68 Å². The minimum atomic E-state index is -0.0349. The molecule has 28 heavy (non-hydrogen) atoms. The molecule has 5 rings (SSSR count). The Labute approximate surface area is 164 Å². The summed E-state index contributed by atoms with van der Waals surface area (Å²) < 4.78 is 1.80. The average molecular weight is 372 g/mol. The van der Waals surface area contributed by atoms with Crippen LogP contribution in [0, 0.1) is 0 Å². The Morgan fingerprint density at radius 2 is 1.61 bits per heavy atom. The van der Waals surface area contributed by atoms with Crippen molar-refractivity contribution in [3.63, 3.8) is 0 Å². The first-order chi connectivity index (χ1) is 13.8. The Morgan fingerprint density at radius 3 is 2.29 bits per heavy atom. The number of fused-ring (bicyclic) bond motifs is 2. The van der Waals surface area contributed by atoms with Crippen molar-refractivity contribution in [1.82, 2.24) is 20.4 Å². The highest BCUT2D eigenvalue weighted by atomic mass is 16.1. The molecule has 142 valence electrons. The number of rotatable bonds is 4. The minimum absolute atomic E-state index is 0.0349. The average Bonchev–Trinajstić information content (AvgIpc) is 3.33. The van der Waals surface area contributed by atoms with Gasteiger partial charge in [-0.3, -0.25) is 4.79 Å². The molecule has 2 aliphatic rings. The van der Waals surface area contributed by atoms with Gasteiger partial charge < -0.3 is 10.6 Å². The lowest BCUT2D eigenvalue weighted by atomic mass is 9.99. The topological polar surface area (TPSA) is 59.0 Å². The highest BCUT2D eigenvalue weighted by Gasteiger charge is 2.34. The molecule has 0 spiro atoms. The van der Waals surface area contributed by atoms with E-state index in [9.17, 15) is 4.79 Å². The van der Waals surface area contributed by atoms with Gasteiger partial charge in [-0.15, -0.1) is 0 Å². The Kier molecular flexibility index (Phi) is 4.45. The van der Waals surface area contributed by atoms with Crippen LogP contribution in [0.15, 0.2) is 66.9 Å². The van der Waals surface area contributed by atoms with Crippen molar-refractivity contribution in [3.8, 4) is 16.9 Å². The summed E-state index contributed by atoms with van der Waals surface area (Å²) in [5.74, 6) is -0.0349. The second kappa shape index (κ2) is 7.24. The number of nitrogens with zero attached hydrogens (tertiary/aromatic N) is 2. The van der Waals surface area contributed by atoms with E-state index in [-0.39, 0.29) is 11.9 Å². The number of hydrogen-bond donors (Lipinski definition) is 2. The molecule has 2 unspecified atom stereocenters. The highest BCUT2D eigenvalue weighted by molar-refractivity contribution is 6.00. The molecule has 3 heterocycles. The second-order valence-electron chi connectivity index (χ2n) is 7.82. The minimum Gasteiger partial charge on any atom is -0.349 e. The fraction of sp³-hybridized carbons (Fsp3) is 0.304. The van der Waals surface area contributed by atoms with Gasteiger partial charge in [-0.2, -0.15) is 5.10 Å². The molecular weight excluding hydrogens is 348 g/mol. The molecule has 0 aliphatic carbocycles. The van der Waals surface area contributed by atoms with Crippen molar-refractivity contribution in [2.75, 3.05) is 0 Å². The van der Waals surface area contributed by atoms with Crippen LogP contribution in [0.4, 0.5) is 0 Å². The van der Waals surface area contributed by atoms with Crippen LogP contribution in [0.5, 0.6) is 0 Å². The third-order valence-corrected chi connectivity index (χ3v) is 5.84. The number of hydrogen-bond acceptors (Lipinski definition) is 3. The molecule has 2 aliphatic heterocycles. The molecule has 2 fully saturated rings. The molecule has 0 saturated carbocycles. The maximum atomic E-state index is 13.2. The zero-order valence-electron chi connectivity index (χ0n) is 15.7. The normalized spacial score (nSPS) is 23.5. The number of amides is 1. The largest absolute Gasteiger partial charge is 0.349 e. The Balaban J connectivity index is 1.46. The Bertz CT molecular complexity index is 955. The fourth-order valence-electron chi connectivity index (χ4n) is 4.50. The fourth-order valence-corrected chi connectivity index (χ4v) is 4.50. The van der Waals surface area contributed by atoms with Crippen LogP contribution in [0.2, 0.25) is 0 Å². The molecule has 2 bridgehead atoms. The van der Waals surface area contributed by atoms with Crippen molar-refractivity contribution in [2.24, 2.45) is 0 Å². The molecule has 5 nitrogen and oxygen atoms in total. The van der Waals surface area contributed by atoms with Crippen LogP contribution in [-0.4, -0.2) is 33.8 Å². The number of nitrogens with one attached hydrogen (secondary N) is 2. The highest BCUT2D eigenvalue weighted by Crippen LogP contribution is 2.28. The quantitative estimate of drug-likeness (QED) is 0.736. The monoisotopic (exact) mass is 372 g/mol.